The summed E-state index contributed by atoms with van der Waals surface area (Å²) in [5.74, 6) is 1.49. The van der Waals surface area contributed by atoms with Crippen LogP contribution >= 0.6 is 0 Å². The SMILES string of the molecule is COc1cccnc1-n1ccnc1. The second-order valence-corrected chi connectivity index (χ2v) is 2.50. The number of rotatable bonds is 2. The molecule has 4 heteroatoms. The molecular weight excluding hydrogens is 166 g/mol. The standard InChI is InChI=1S/C9H9N3O/c1-13-8-3-2-4-11-9(8)12-6-5-10-7-12/h2-7H,1H3. The highest BCUT2D eigenvalue weighted by molar-refractivity contribution is 5.39. The molecule has 0 amide bonds. The summed E-state index contributed by atoms with van der Waals surface area (Å²) in [6, 6.07) is 3.70. The maximum absolute atomic E-state index is 5.16. The van der Waals surface area contributed by atoms with Crippen LogP contribution in [-0.2, 0) is 0 Å². The lowest BCUT2D eigenvalue weighted by molar-refractivity contribution is 0.410. The lowest BCUT2D eigenvalue weighted by Crippen LogP contribution is -1.97. The van der Waals surface area contributed by atoms with Crippen LogP contribution in [-0.4, -0.2) is 21.6 Å². The molecule has 0 unspecified atom stereocenters. The van der Waals surface area contributed by atoms with Crippen LogP contribution < -0.4 is 4.74 Å². The third kappa shape index (κ3) is 1.38. The van der Waals surface area contributed by atoms with E-state index in [1.54, 1.807) is 30.4 Å². The molecule has 4 nitrogen and oxygen atoms in total. The highest BCUT2D eigenvalue weighted by Crippen LogP contribution is 2.18. The number of aromatic nitrogens is 3. The fourth-order valence-electron chi connectivity index (χ4n) is 1.12. The summed E-state index contributed by atoms with van der Waals surface area (Å²) >= 11 is 0. The van der Waals surface area contributed by atoms with Crippen LogP contribution in [0.1, 0.15) is 0 Å². The minimum absolute atomic E-state index is 0.737. The zero-order valence-corrected chi connectivity index (χ0v) is 7.21. The van der Waals surface area contributed by atoms with Gasteiger partial charge in [0.05, 0.1) is 7.11 Å². The molecule has 0 fully saturated rings. The van der Waals surface area contributed by atoms with Crippen molar-refractivity contribution < 1.29 is 4.74 Å². The van der Waals surface area contributed by atoms with Crippen LogP contribution in [0.3, 0.4) is 0 Å². The average Bonchev–Trinajstić information content (AvgIpc) is 2.70. The van der Waals surface area contributed by atoms with Crippen molar-refractivity contribution in [3.05, 3.63) is 37.1 Å². The first-order valence-electron chi connectivity index (χ1n) is 3.89. The number of pyridine rings is 1. The van der Waals surface area contributed by atoms with Gasteiger partial charge in [-0.05, 0) is 12.1 Å². The quantitative estimate of drug-likeness (QED) is 0.690. The maximum atomic E-state index is 5.16. The Morgan fingerprint density at radius 2 is 2.31 bits per heavy atom. The van der Waals surface area contributed by atoms with Gasteiger partial charge in [0.2, 0.25) is 0 Å². The summed E-state index contributed by atoms with van der Waals surface area (Å²) in [4.78, 5) is 8.13. The topological polar surface area (TPSA) is 39.9 Å². The van der Waals surface area contributed by atoms with E-state index in [1.165, 1.54) is 0 Å². The molecule has 0 bridgehead atoms. The molecule has 0 aromatic carbocycles. The smallest absolute Gasteiger partial charge is 0.180 e. The molecule has 0 aliphatic rings. The molecule has 0 radical (unpaired) electrons. The van der Waals surface area contributed by atoms with E-state index in [-0.39, 0.29) is 0 Å². The molecule has 66 valence electrons. The molecule has 2 rings (SSSR count). The van der Waals surface area contributed by atoms with Gasteiger partial charge in [0.1, 0.15) is 6.33 Å². The number of methoxy groups -OCH3 is 1. The fraction of sp³-hybridized carbons (Fsp3) is 0.111. The van der Waals surface area contributed by atoms with E-state index >= 15 is 0 Å². The Labute approximate surface area is 75.8 Å². The minimum Gasteiger partial charge on any atom is -0.493 e. The number of ether oxygens (including phenoxy) is 1. The third-order valence-electron chi connectivity index (χ3n) is 1.72. The van der Waals surface area contributed by atoms with E-state index in [9.17, 15) is 0 Å². The molecule has 0 aliphatic carbocycles. The van der Waals surface area contributed by atoms with Gasteiger partial charge in [0, 0.05) is 18.6 Å². The molecule has 0 saturated heterocycles. The monoisotopic (exact) mass is 175 g/mol. The Kier molecular flexibility index (Phi) is 1.96. The van der Waals surface area contributed by atoms with Gasteiger partial charge in [-0.25, -0.2) is 9.97 Å². The predicted octanol–water partition coefficient (Wildman–Crippen LogP) is 1.28. The lowest BCUT2D eigenvalue weighted by atomic mass is 10.4. The highest BCUT2D eigenvalue weighted by atomic mass is 16.5. The van der Waals surface area contributed by atoms with Crippen LogP contribution in [0.2, 0.25) is 0 Å². The number of imidazole rings is 1. The molecule has 0 atom stereocenters. The van der Waals surface area contributed by atoms with E-state index in [0.717, 1.165) is 11.6 Å². The molecule has 2 heterocycles. The predicted molar refractivity (Wildman–Crippen MR) is 47.9 cm³/mol. The van der Waals surface area contributed by atoms with Gasteiger partial charge in [-0.1, -0.05) is 0 Å². The summed E-state index contributed by atoms with van der Waals surface area (Å²) in [7, 11) is 1.62. The van der Waals surface area contributed by atoms with E-state index < -0.39 is 0 Å². The van der Waals surface area contributed by atoms with Crippen LogP contribution in [0.15, 0.2) is 37.1 Å². The van der Waals surface area contributed by atoms with Crippen molar-refractivity contribution >= 4 is 0 Å². The molecule has 0 N–H and O–H groups in total. The summed E-state index contributed by atoms with van der Waals surface area (Å²) in [5, 5.41) is 0. The van der Waals surface area contributed by atoms with Crippen LogP contribution in [0.25, 0.3) is 5.82 Å². The number of hydrogen-bond acceptors (Lipinski definition) is 3. The molecule has 13 heavy (non-hydrogen) atoms. The Bertz CT molecular complexity index is 384. The summed E-state index contributed by atoms with van der Waals surface area (Å²) in [6.07, 6.45) is 6.93. The molecule has 0 saturated carbocycles. The molecule has 2 aromatic rings. The second kappa shape index (κ2) is 3.26. The van der Waals surface area contributed by atoms with E-state index in [2.05, 4.69) is 9.97 Å². The normalized spacial score (nSPS) is 9.92. The summed E-state index contributed by atoms with van der Waals surface area (Å²) in [5.41, 5.74) is 0. The largest absolute Gasteiger partial charge is 0.493 e. The summed E-state index contributed by atoms with van der Waals surface area (Å²) in [6.45, 7) is 0. The van der Waals surface area contributed by atoms with E-state index in [4.69, 9.17) is 4.74 Å². The number of hydrogen-bond donors (Lipinski definition) is 0. The van der Waals surface area contributed by atoms with Crippen molar-refractivity contribution in [3.8, 4) is 11.6 Å². The molecule has 2 aromatic heterocycles. The second-order valence-electron chi connectivity index (χ2n) is 2.50. The van der Waals surface area contributed by atoms with Gasteiger partial charge < -0.3 is 4.74 Å². The van der Waals surface area contributed by atoms with Gasteiger partial charge in [0.25, 0.3) is 0 Å². The van der Waals surface area contributed by atoms with Crippen molar-refractivity contribution in [2.75, 3.05) is 7.11 Å². The van der Waals surface area contributed by atoms with E-state index in [0.29, 0.717) is 0 Å². The van der Waals surface area contributed by atoms with Crippen molar-refractivity contribution in [3.63, 3.8) is 0 Å². The van der Waals surface area contributed by atoms with Crippen molar-refractivity contribution in [1.82, 2.24) is 14.5 Å². The minimum atomic E-state index is 0.737. The van der Waals surface area contributed by atoms with Crippen LogP contribution in [0.5, 0.6) is 5.75 Å². The Morgan fingerprint density at radius 1 is 1.38 bits per heavy atom. The fourth-order valence-corrected chi connectivity index (χ4v) is 1.12. The van der Waals surface area contributed by atoms with Crippen molar-refractivity contribution in [1.29, 1.82) is 0 Å². The van der Waals surface area contributed by atoms with E-state index in [1.807, 2.05) is 18.3 Å². The first kappa shape index (κ1) is 7.79. The number of nitrogens with zero attached hydrogens (tertiary/aromatic N) is 3. The van der Waals surface area contributed by atoms with Gasteiger partial charge in [-0.3, -0.25) is 4.57 Å². The van der Waals surface area contributed by atoms with Gasteiger partial charge in [0.15, 0.2) is 11.6 Å². The Hall–Kier alpha value is -1.84. The average molecular weight is 175 g/mol. The zero-order valence-electron chi connectivity index (χ0n) is 7.21. The first-order valence-corrected chi connectivity index (χ1v) is 3.89. The Morgan fingerprint density at radius 3 is 3.00 bits per heavy atom. The lowest BCUT2D eigenvalue weighted by Gasteiger charge is -2.06. The van der Waals surface area contributed by atoms with Crippen LogP contribution in [0, 0.1) is 0 Å². The molecule has 0 aliphatic heterocycles. The maximum Gasteiger partial charge on any atom is 0.180 e. The highest BCUT2D eigenvalue weighted by Gasteiger charge is 2.03. The third-order valence-corrected chi connectivity index (χ3v) is 1.72. The van der Waals surface area contributed by atoms with Crippen LogP contribution in [0.4, 0.5) is 0 Å². The zero-order chi connectivity index (χ0) is 9.10. The van der Waals surface area contributed by atoms with Gasteiger partial charge >= 0.3 is 0 Å². The van der Waals surface area contributed by atoms with Gasteiger partial charge in [-0.2, -0.15) is 0 Å². The molecular formula is C9H9N3O. The van der Waals surface area contributed by atoms with Crippen molar-refractivity contribution in [2.24, 2.45) is 0 Å². The molecule has 0 spiro atoms. The first-order chi connectivity index (χ1) is 6.42. The Balaban J connectivity index is 2.51. The van der Waals surface area contributed by atoms with Gasteiger partial charge in [-0.15, -0.1) is 0 Å². The summed E-state index contributed by atoms with van der Waals surface area (Å²) < 4.78 is 6.96. The van der Waals surface area contributed by atoms with Crippen molar-refractivity contribution in [2.45, 2.75) is 0 Å².